The quantitative estimate of drug-likeness (QED) is 0.281. The summed E-state index contributed by atoms with van der Waals surface area (Å²) in [4.78, 5) is 0. The second-order valence-electron chi connectivity index (χ2n) is 6.11. The van der Waals surface area contributed by atoms with Crippen molar-refractivity contribution in [1.82, 2.24) is 0 Å². The van der Waals surface area contributed by atoms with Crippen LogP contribution in [-0.2, 0) is 20.2 Å². The smallest absolute Gasteiger partial charge is 0.748 e. The summed E-state index contributed by atoms with van der Waals surface area (Å²) < 4.78 is 153. The van der Waals surface area contributed by atoms with Crippen molar-refractivity contribution in [2.75, 3.05) is 11.4 Å². The van der Waals surface area contributed by atoms with Crippen LogP contribution < -0.4 is 59.1 Å². The van der Waals surface area contributed by atoms with Crippen molar-refractivity contribution in [2.45, 2.75) is 64.0 Å². The predicted octanol–water partition coefficient (Wildman–Crippen LogP) is -3.47. The normalized spacial score (nSPS) is 23.3. The van der Waals surface area contributed by atoms with Crippen LogP contribution in [0.1, 0.15) is 29.2 Å². The van der Waals surface area contributed by atoms with Crippen molar-refractivity contribution in [3.63, 3.8) is 0 Å². The Bertz CT molecular complexity index is 886. The molecular formula is C12H30Na2O6S2Si2. The Labute approximate surface area is 211 Å². The van der Waals surface area contributed by atoms with E-state index in [-0.39, 0.29) is 59.1 Å². The molecule has 0 aliphatic heterocycles. The van der Waals surface area contributed by atoms with E-state index in [1.54, 1.807) is 0 Å². The molecule has 0 amide bonds. The Kier molecular flexibility index (Phi) is 8.49. The third kappa shape index (κ3) is 39.4. The van der Waals surface area contributed by atoms with E-state index in [9.17, 15) is 25.9 Å². The summed E-state index contributed by atoms with van der Waals surface area (Å²) in [6, 6.07) is 0. The van der Waals surface area contributed by atoms with Gasteiger partial charge in [-0.3, -0.25) is 0 Å². The van der Waals surface area contributed by atoms with Crippen LogP contribution in [0.2, 0.25) is 51.3 Å². The van der Waals surface area contributed by atoms with Crippen LogP contribution >= 0.6 is 0 Å². The predicted molar refractivity (Wildman–Crippen MR) is 94.7 cm³/mol. The molecule has 0 saturated carbocycles. The van der Waals surface area contributed by atoms with Gasteiger partial charge in [0.15, 0.2) is 0 Å². The molecule has 6 nitrogen and oxygen atoms in total. The Morgan fingerprint density at radius 3 is 1.04 bits per heavy atom. The molecule has 0 unspecified atom stereocenters. The Morgan fingerprint density at radius 1 is 0.708 bits per heavy atom. The second kappa shape index (κ2) is 14.3. The fourth-order valence-corrected chi connectivity index (χ4v) is 1.96. The summed E-state index contributed by atoms with van der Waals surface area (Å²) >= 11 is 0. The van der Waals surface area contributed by atoms with Crippen molar-refractivity contribution >= 4 is 36.4 Å². The number of hydrogen-bond donors (Lipinski definition) is 0. The molecular weight excluding hydrogens is 406 g/mol. The van der Waals surface area contributed by atoms with Gasteiger partial charge in [0, 0.05) is 44.0 Å². The molecule has 0 fully saturated rings. The zero-order chi connectivity index (χ0) is 29.0. The minimum Gasteiger partial charge on any atom is -0.748 e. The Balaban J connectivity index is -0.000000269. The molecule has 12 heteroatoms. The molecule has 24 heavy (non-hydrogen) atoms. The Morgan fingerprint density at radius 2 is 0.917 bits per heavy atom. The van der Waals surface area contributed by atoms with Gasteiger partial charge in [-0.2, -0.15) is 0 Å². The van der Waals surface area contributed by atoms with Crippen LogP contribution in [0.5, 0.6) is 0 Å². The van der Waals surface area contributed by atoms with E-state index in [0.29, 0.717) is 0 Å². The molecule has 0 bridgehead atoms. The Hall–Kier alpha value is 2.25. The van der Waals surface area contributed by atoms with Crippen LogP contribution in [0.4, 0.5) is 0 Å². The summed E-state index contributed by atoms with van der Waals surface area (Å²) in [5.41, 5.74) is -7.63. The molecule has 0 radical (unpaired) electrons. The van der Waals surface area contributed by atoms with Crippen molar-refractivity contribution in [1.29, 1.82) is 0 Å². The second-order valence-corrected chi connectivity index (χ2v) is 17.8. The first-order valence-corrected chi connectivity index (χ1v) is 15.7. The van der Waals surface area contributed by atoms with Gasteiger partial charge in [-0.25, -0.2) is 16.8 Å². The average molecular weight is 449 g/mol. The third-order valence-corrected chi connectivity index (χ3v) is 3.68. The van der Waals surface area contributed by atoms with Gasteiger partial charge in [-0.15, -0.1) is 0 Å². The largest absolute Gasteiger partial charge is 1.00 e. The number of rotatable bonds is 8. The van der Waals surface area contributed by atoms with Gasteiger partial charge < -0.3 is 9.11 Å². The molecule has 0 atom stereocenters. The van der Waals surface area contributed by atoms with Gasteiger partial charge >= 0.3 is 59.1 Å². The minimum atomic E-state index is -5.61. The van der Waals surface area contributed by atoms with Crippen molar-refractivity contribution < 1.29 is 102 Å². The van der Waals surface area contributed by atoms with E-state index in [4.69, 9.17) is 16.4 Å². The van der Waals surface area contributed by atoms with Gasteiger partial charge in [0.2, 0.25) is 0 Å². The standard InChI is InChI=1S/2C6H16O3SSi.2Na/c2*1-11(2,3)6-4-5-10(7,8)9;;/h2*4-6H2,1-3H3,(H,7,8,9);;/q;;2*+1/p-2/i2*4D2,5D2,6D2;;. The van der Waals surface area contributed by atoms with E-state index >= 15 is 0 Å². The van der Waals surface area contributed by atoms with Gasteiger partial charge in [0.1, 0.15) is 0 Å². The van der Waals surface area contributed by atoms with Gasteiger partial charge in [-0.1, -0.05) is 51.3 Å². The van der Waals surface area contributed by atoms with E-state index in [1.165, 1.54) is 39.3 Å². The summed E-state index contributed by atoms with van der Waals surface area (Å²) in [6.45, 7) is 8.57. The van der Waals surface area contributed by atoms with Gasteiger partial charge in [-0.05, 0) is 12.7 Å². The third-order valence-electron chi connectivity index (χ3n) is 1.23. The van der Waals surface area contributed by atoms with E-state index in [1.807, 2.05) is 0 Å². The monoisotopic (exact) mass is 448 g/mol. The van der Waals surface area contributed by atoms with Gasteiger partial charge in [0.05, 0.1) is 20.2 Å². The molecule has 0 heterocycles. The van der Waals surface area contributed by atoms with Crippen LogP contribution in [-0.4, -0.2) is 53.5 Å². The average Bonchev–Trinajstić information content (AvgIpc) is 2.50. The molecule has 0 aliphatic carbocycles. The molecule has 136 valence electrons. The van der Waals surface area contributed by atoms with Crippen molar-refractivity contribution in [3.8, 4) is 0 Å². The first-order valence-electron chi connectivity index (χ1n) is 11.9. The topological polar surface area (TPSA) is 114 Å². The summed E-state index contributed by atoms with van der Waals surface area (Å²) in [5.74, 6) is -5.41. The molecule has 0 spiro atoms. The minimum absolute atomic E-state index is 0. The number of hydrogen-bond acceptors (Lipinski definition) is 6. The molecule has 0 aliphatic rings. The van der Waals surface area contributed by atoms with E-state index in [2.05, 4.69) is 0 Å². The SMILES string of the molecule is [2H]C([2H])(C([2H])([2H])[Si](C)(C)C)C([2H])([2H])S(=O)(=O)[O-].[2H]C([2H])(C([2H])([2H])[Si](C)(C)C)C([2H])([2H])S(=O)(=O)[O-].[Na+].[Na+]. The fourth-order valence-electron chi connectivity index (χ4n) is 0.551. The maximum absolute atomic E-state index is 10.8. The maximum Gasteiger partial charge on any atom is 1.00 e. The van der Waals surface area contributed by atoms with E-state index < -0.39 is 72.5 Å². The zero-order valence-electron chi connectivity index (χ0n) is 27.3. The van der Waals surface area contributed by atoms with E-state index in [0.717, 1.165) is 0 Å². The first kappa shape index (κ1) is 14.3. The van der Waals surface area contributed by atoms with Crippen LogP contribution in [0.25, 0.3) is 0 Å². The summed E-state index contributed by atoms with van der Waals surface area (Å²) in [5, 5.41) is 0. The molecule has 0 N–H and O–H groups in total. The summed E-state index contributed by atoms with van der Waals surface area (Å²) in [6.07, 6.45) is -6.82. The maximum atomic E-state index is 10.8. The van der Waals surface area contributed by atoms with Gasteiger partial charge in [0.25, 0.3) is 0 Å². The molecule has 0 saturated heterocycles. The van der Waals surface area contributed by atoms with Crippen LogP contribution in [0.3, 0.4) is 0 Å². The van der Waals surface area contributed by atoms with Crippen LogP contribution in [0, 0.1) is 0 Å². The fraction of sp³-hybridized carbons (Fsp3) is 1.00. The molecule has 0 rings (SSSR count). The first-order chi connectivity index (χ1) is 14.0. The summed E-state index contributed by atoms with van der Waals surface area (Å²) in [7, 11) is -17.0. The van der Waals surface area contributed by atoms with Crippen LogP contribution in [0.15, 0.2) is 0 Å². The molecule has 0 aromatic carbocycles. The molecule has 0 aromatic rings. The van der Waals surface area contributed by atoms with Crippen molar-refractivity contribution in [3.05, 3.63) is 0 Å². The zero-order valence-corrected chi connectivity index (χ0v) is 22.9. The van der Waals surface area contributed by atoms with Crippen molar-refractivity contribution in [2.24, 2.45) is 0 Å². The molecule has 0 aromatic heterocycles.